The molecule has 9 rings (SSSR count). The van der Waals surface area contributed by atoms with Crippen LogP contribution in [0.3, 0.4) is 0 Å². The Morgan fingerprint density at radius 2 is 0.511 bits per heavy atom. The van der Waals surface area contributed by atoms with Crippen LogP contribution in [0.1, 0.15) is 322 Å². The number of anilines is 4. The molecule has 3 N–H and O–H groups in total. The van der Waals surface area contributed by atoms with Gasteiger partial charge in [0.05, 0.1) is 14.2 Å². The van der Waals surface area contributed by atoms with Crippen LogP contribution in [-0.4, -0.2) is 136 Å². The molecule has 5 aliphatic carbocycles. The molecular weight excluding hydrogens is 3360 g/mol. The van der Waals surface area contributed by atoms with E-state index in [-0.39, 0.29) is 391 Å². The number of nitrogens with one attached hydrogen (secondary N) is 1. The van der Waals surface area contributed by atoms with Crippen LogP contribution < -0.4 is 20.0 Å². The van der Waals surface area contributed by atoms with Crippen LogP contribution in [0, 0.1) is 274 Å². The fourth-order valence-corrected chi connectivity index (χ4v) is 18.5. The van der Waals surface area contributed by atoms with Crippen molar-refractivity contribution in [3.63, 3.8) is 0 Å². The number of aliphatic carboxylic acids is 1. The van der Waals surface area contributed by atoms with Gasteiger partial charge >= 0.3 is 17.9 Å². The normalized spacial score (nSPS) is 20.7. The largest absolute Gasteiger partial charge is 0.481 e. The van der Waals surface area contributed by atoms with Crippen LogP contribution in [0.15, 0.2) is 121 Å². The Balaban J connectivity index is -0.0000000827. The maximum atomic E-state index is 12.7. The van der Waals surface area contributed by atoms with Crippen molar-refractivity contribution >= 4 is 82.4 Å². The first kappa shape index (κ1) is 182. The number of carbonyl (C=O) groups excluding carboxylic acids is 5. The molecule has 0 heterocycles. The number of carbonyl (C=O) groups is 6. The van der Waals surface area contributed by atoms with Gasteiger partial charge in [-0.25, -0.2) is 0 Å². The molecule has 787 valence electrons. The van der Waals surface area contributed by atoms with E-state index in [0.29, 0.717) is 128 Å². The Hall–Kier alpha value is 4.85. The minimum absolute atomic E-state index is 0. The molecule has 0 spiro atoms. The zero-order chi connectivity index (χ0) is 99.4. The summed E-state index contributed by atoms with van der Waals surface area (Å²) in [4.78, 5) is 77.5. The molecule has 5 aliphatic rings. The molecule has 3 amide bonds. The van der Waals surface area contributed by atoms with E-state index in [0.717, 1.165) is 91.7 Å². The molecule has 0 aliphatic heterocycles. The third-order valence-electron chi connectivity index (χ3n) is 26.9. The first-order valence-corrected chi connectivity index (χ1v) is 50.7. The van der Waals surface area contributed by atoms with E-state index >= 15 is 0 Å². The second kappa shape index (κ2) is 121. The van der Waals surface area contributed by atoms with E-state index in [1.165, 1.54) is 72.0 Å². The molecule has 17 nitrogen and oxygen atoms in total. The topological polar surface area (TPSA) is 211 Å². The fourth-order valence-electron chi connectivity index (χ4n) is 18.5. The van der Waals surface area contributed by atoms with Gasteiger partial charge in [0.25, 0.3) is 0 Å². The Morgan fingerprint density at radius 3 is 0.698 bits per heavy atom. The van der Waals surface area contributed by atoms with Crippen LogP contribution in [0.5, 0.6) is 0 Å². The SMILES string of the molecule is CC.CC.CC.CC.CC.CC.CC.CC.CC.CNc1ccccc1.COC(=O)CC(CC(=O)N(C)c1ccccc1)[C@H]1CC[C@@H](C)[C@H]1C.COCCC(CC(=O)N(C)c1ccccc1)[C@H]1CC[C@@H](C)[C@H]1C.COCCC(CC(=O)O)[C@H]1CC[C@@H](C)[C@H]1C.COCCC(CC(=O)OC)[C@H]1CC[C@@H](C)[C@H]1C.C[C@@H]1[C@H](C)CC[C@@H]1C(CCO)CC(=O)N(C)c1ccccc1.I.[U].[U].[U].[U].[U].[Y].[Y].[Y].[Y].[Y]. The number of hydrogen-bond acceptors (Lipinski definition) is 13. The summed E-state index contributed by atoms with van der Waals surface area (Å²) in [6.45, 7) is 61.3. The average molecular weight is 3560 g/mol. The van der Waals surface area contributed by atoms with Crippen LogP contribution in [0.4, 0.5) is 22.7 Å². The van der Waals surface area contributed by atoms with E-state index in [1.54, 1.807) is 43.1 Å². The number of ether oxygens (including phenoxy) is 5. The van der Waals surface area contributed by atoms with Crippen molar-refractivity contribution in [3.8, 4) is 0 Å². The first-order chi connectivity index (χ1) is 61.6. The van der Waals surface area contributed by atoms with Gasteiger partial charge in [0, 0.05) is 456 Å². The number of halogens is 1. The number of carboxylic acids is 1. The number of hydrogen-bond donors (Lipinski definition) is 3. The van der Waals surface area contributed by atoms with Gasteiger partial charge in [0.1, 0.15) is 0 Å². The average Bonchev–Trinajstić information content (AvgIpc) is 1.74. The Labute approximate surface area is 1120 Å². The Kier molecular flexibility index (Phi) is 159. The Bertz CT molecular complexity index is 3260. The van der Waals surface area contributed by atoms with Gasteiger partial charge in [-0.05, 0) is 225 Å². The van der Waals surface area contributed by atoms with Crippen molar-refractivity contribution in [2.75, 3.05) is 110 Å². The van der Waals surface area contributed by atoms with Gasteiger partial charge in [0.2, 0.25) is 17.7 Å². The number of carboxylic acid groups (broad SMARTS) is 1. The summed E-state index contributed by atoms with van der Waals surface area (Å²) in [7, 11) is 15.5. The number of rotatable bonds is 32. The predicted molar refractivity (Wildman–Crippen MR) is 566 cm³/mol. The minimum atomic E-state index is -0.673. The van der Waals surface area contributed by atoms with Gasteiger partial charge in [0.15, 0.2) is 0 Å². The van der Waals surface area contributed by atoms with Gasteiger partial charge in [-0.1, -0.05) is 299 Å². The fraction of sp³-hybridized carbons (Fsp3) is 0.730. The molecule has 20 atom stereocenters. The summed E-state index contributed by atoms with van der Waals surface area (Å²) < 4.78 is 25.2. The van der Waals surface area contributed by atoms with Crippen molar-refractivity contribution < 1.29 is 382 Å². The number of aliphatic hydroxyl groups excluding tert-OH is 1. The summed E-state index contributed by atoms with van der Waals surface area (Å²) in [5.41, 5.74) is 3.94. The molecule has 4 aromatic rings. The van der Waals surface area contributed by atoms with Crippen molar-refractivity contribution in [3.05, 3.63) is 121 Å². The third kappa shape index (κ3) is 77.8. The molecule has 0 saturated heterocycles. The van der Waals surface area contributed by atoms with Gasteiger partial charge in [-0.15, -0.1) is 24.0 Å². The minimum Gasteiger partial charge on any atom is -0.481 e. The summed E-state index contributed by atoms with van der Waals surface area (Å²) in [5.74, 6) is 10.7. The van der Waals surface area contributed by atoms with E-state index < -0.39 is 5.97 Å². The van der Waals surface area contributed by atoms with Crippen LogP contribution in [0.2, 0.25) is 0 Å². The number of methoxy groups -OCH3 is 5. The maximum Gasteiger partial charge on any atom is 0.305 e. The third-order valence-corrected chi connectivity index (χ3v) is 26.9. The predicted octanol–water partition coefficient (Wildman–Crippen LogP) is 29.2. The molecule has 139 heavy (non-hydrogen) atoms. The molecule has 5 unspecified atom stereocenters. The molecule has 0 bridgehead atoms. The van der Waals surface area contributed by atoms with Crippen LogP contribution >= 0.6 is 24.0 Å². The monoisotopic (exact) mass is 3560 g/mol. The zero-order valence-electron chi connectivity index (χ0n) is 95.1. The van der Waals surface area contributed by atoms with E-state index in [4.69, 9.17) is 28.8 Å². The van der Waals surface area contributed by atoms with E-state index in [2.05, 4.69) is 74.6 Å². The number of para-hydroxylation sites is 4. The smallest absolute Gasteiger partial charge is 0.305 e. The molecule has 28 heteroatoms. The summed E-state index contributed by atoms with van der Waals surface area (Å²) >= 11 is 0. The first-order valence-electron chi connectivity index (χ1n) is 50.7. The molecule has 5 saturated carbocycles. The molecular formula is C111H203IN4O13U5Y5. The van der Waals surface area contributed by atoms with Crippen molar-refractivity contribution in [1.82, 2.24) is 0 Å². The van der Waals surface area contributed by atoms with Crippen molar-refractivity contribution in [2.24, 2.45) is 118 Å². The van der Waals surface area contributed by atoms with E-state index in [1.807, 2.05) is 267 Å². The summed E-state index contributed by atoms with van der Waals surface area (Å²) in [6, 6.07) is 39.4. The van der Waals surface area contributed by atoms with Gasteiger partial charge < -0.3 is 53.9 Å². The van der Waals surface area contributed by atoms with Crippen molar-refractivity contribution in [1.29, 1.82) is 0 Å². The number of benzene rings is 4. The molecule has 5 radical (unpaired) electrons. The summed E-state index contributed by atoms with van der Waals surface area (Å²) in [5, 5.41) is 21.4. The number of amides is 3. The second-order valence-electron chi connectivity index (χ2n) is 33.3. The van der Waals surface area contributed by atoms with Gasteiger partial charge in [-0.2, -0.15) is 0 Å². The number of esters is 2. The standard InChI is InChI=1S/C20H29NO3.C20H31NO2.C19H29NO2.C14H26O3.C13H24O3.C7H9N.9C2H6.HI.5U.5Y/c1-14-10-11-18(15(14)2)16(13-20(23)24-4)12-19(22)21(3)17-8-6-5-7-9-17;1-15-10-11-19(16(15)2)17(12-13-23-4)14-20(22)21(3)18-8-6-5-7-9-18;1-14-9-10-18(15(14)2)16(11-12-21)13-19(22)20(3)17-7-5-4-6-8-17;1-10-5-6-13(11(10)2)12(7-8-16-3)9-14(15)17-4;1-9-4-5-12(10(9)2)11(6-7-16-3)8-13(14)15;1-8-7-5-3-2-4-6-7;9*1-2;;;;;;;;;;;/h5-9,14-16,18H,10-13H2,1-4H3;5-9,15-17,19H,10-14H2,1-4H3;4-8,14-16,18,21H,9-13H2,1-3H3;10-13H,5-9H2,1-4H3;9-12H,4-8H2,1-3H3,(H,14,15);2-6,8H,1H3;9*1-2H3;1H;;;;;;;;;;/t14-,15-,16?,18+;15-,16-,17?,19+;14-,15-,16?,18+;10-,11-,12?,13+;9-,10-,11?,12+;;;;;;;;;;;;;;;;;;;;;/m11111...................../s1. The van der Waals surface area contributed by atoms with E-state index in [9.17, 15) is 33.9 Å². The maximum absolute atomic E-state index is 12.7. The molecule has 4 aromatic carbocycles. The number of nitrogens with zero attached hydrogens (tertiary/aromatic N) is 3. The second-order valence-corrected chi connectivity index (χ2v) is 33.3. The Morgan fingerprint density at radius 1 is 0.317 bits per heavy atom. The van der Waals surface area contributed by atoms with Gasteiger partial charge in [-0.3, -0.25) is 28.8 Å². The zero-order valence-corrected chi connectivity index (χ0v) is 132. The molecule has 0 aromatic heterocycles. The summed E-state index contributed by atoms with van der Waals surface area (Å²) in [6.07, 6.45) is 18.5. The molecule has 5 fully saturated rings. The van der Waals surface area contributed by atoms with Crippen LogP contribution in [0.25, 0.3) is 0 Å². The number of aliphatic hydroxyl groups is 1. The quantitative estimate of drug-likeness (QED) is 0.0307. The van der Waals surface area contributed by atoms with Crippen LogP contribution in [-0.2, 0) is 216 Å². The van der Waals surface area contributed by atoms with Crippen molar-refractivity contribution in [2.45, 2.75) is 322 Å².